The van der Waals surface area contributed by atoms with Crippen LogP contribution in [0, 0.1) is 5.92 Å². The minimum absolute atomic E-state index is 0.00380. The second-order valence-electron chi connectivity index (χ2n) is 6.82. The second-order valence-corrected chi connectivity index (χ2v) is 6.82. The molecule has 4 heteroatoms. The van der Waals surface area contributed by atoms with Crippen molar-refractivity contribution in [3.8, 4) is 0 Å². The van der Waals surface area contributed by atoms with Gasteiger partial charge in [0.15, 0.2) is 0 Å². The van der Waals surface area contributed by atoms with E-state index in [1.54, 1.807) is 0 Å². The summed E-state index contributed by atoms with van der Waals surface area (Å²) in [6, 6.07) is 10.3. The molecule has 2 rings (SSSR count). The van der Waals surface area contributed by atoms with E-state index >= 15 is 0 Å². The second kappa shape index (κ2) is 8.92. The highest BCUT2D eigenvalue weighted by molar-refractivity contribution is 5.74. The molecule has 0 spiro atoms. The van der Waals surface area contributed by atoms with E-state index in [0.29, 0.717) is 18.4 Å². The number of benzene rings is 1. The third-order valence-corrected chi connectivity index (χ3v) is 4.93. The van der Waals surface area contributed by atoms with E-state index in [0.717, 1.165) is 24.8 Å². The maximum atomic E-state index is 12.6. The third-order valence-electron chi connectivity index (χ3n) is 4.93. The Morgan fingerprint density at radius 2 is 2.09 bits per heavy atom. The Morgan fingerprint density at radius 3 is 2.74 bits per heavy atom. The molecular weight excluding hydrogens is 288 g/mol. The monoisotopic (exact) mass is 318 g/mol. The van der Waals surface area contributed by atoms with Crippen LogP contribution in [-0.2, 0) is 0 Å². The van der Waals surface area contributed by atoms with Crippen molar-refractivity contribution in [2.45, 2.75) is 57.5 Å². The first kappa shape index (κ1) is 17.8. The number of urea groups is 1. The van der Waals surface area contributed by atoms with Crippen LogP contribution in [0.4, 0.5) is 4.79 Å². The number of nitrogens with zero attached hydrogens (tertiary/aromatic N) is 1. The molecule has 1 saturated carbocycles. The number of carbonyl (C=O) groups is 1. The summed E-state index contributed by atoms with van der Waals surface area (Å²) in [6.45, 7) is 2.42. The van der Waals surface area contributed by atoms with Crippen LogP contribution in [0.25, 0.3) is 0 Å². The predicted octanol–water partition coefficient (Wildman–Crippen LogP) is 3.72. The number of carbonyl (C=O) groups excluding carboxylic acids is 1. The van der Waals surface area contributed by atoms with Gasteiger partial charge in [0.1, 0.15) is 0 Å². The van der Waals surface area contributed by atoms with Gasteiger partial charge in [0.2, 0.25) is 0 Å². The van der Waals surface area contributed by atoms with Crippen LogP contribution in [0.3, 0.4) is 0 Å². The van der Waals surface area contributed by atoms with E-state index in [2.05, 4.69) is 12.2 Å². The predicted molar refractivity (Wildman–Crippen MR) is 93.2 cm³/mol. The first-order chi connectivity index (χ1) is 11.1. The van der Waals surface area contributed by atoms with Gasteiger partial charge < -0.3 is 15.3 Å². The number of rotatable bonds is 6. The van der Waals surface area contributed by atoms with Gasteiger partial charge in [0.25, 0.3) is 0 Å². The molecule has 0 bridgehead atoms. The zero-order chi connectivity index (χ0) is 16.7. The highest BCUT2D eigenvalue weighted by Crippen LogP contribution is 2.27. The Hall–Kier alpha value is -1.55. The van der Waals surface area contributed by atoms with Gasteiger partial charge in [-0.2, -0.15) is 0 Å². The molecule has 0 heterocycles. The molecule has 1 aromatic carbocycles. The van der Waals surface area contributed by atoms with Crippen LogP contribution in [0.15, 0.2) is 30.3 Å². The SMILES string of the molecule is CC1CCCC(N(C)C(=O)NC(CCCO)c2ccccc2)C1. The van der Waals surface area contributed by atoms with Gasteiger partial charge in [0.05, 0.1) is 6.04 Å². The maximum Gasteiger partial charge on any atom is 0.317 e. The molecule has 23 heavy (non-hydrogen) atoms. The summed E-state index contributed by atoms with van der Waals surface area (Å²) in [5.74, 6) is 0.698. The Balaban J connectivity index is 1.98. The lowest BCUT2D eigenvalue weighted by molar-refractivity contribution is 0.156. The Morgan fingerprint density at radius 1 is 1.35 bits per heavy atom. The molecule has 128 valence electrons. The highest BCUT2D eigenvalue weighted by atomic mass is 16.3. The lowest BCUT2D eigenvalue weighted by atomic mass is 9.86. The van der Waals surface area contributed by atoms with Gasteiger partial charge in [-0.25, -0.2) is 4.79 Å². The smallest absolute Gasteiger partial charge is 0.317 e. The molecular formula is C19H30N2O2. The normalized spacial score (nSPS) is 22.4. The molecule has 2 amide bonds. The van der Waals surface area contributed by atoms with Crippen molar-refractivity contribution in [3.63, 3.8) is 0 Å². The van der Waals surface area contributed by atoms with Gasteiger partial charge in [-0.1, -0.05) is 50.1 Å². The zero-order valence-electron chi connectivity index (χ0n) is 14.4. The van der Waals surface area contributed by atoms with Gasteiger partial charge in [-0.05, 0) is 37.2 Å². The fraction of sp³-hybridized carbons (Fsp3) is 0.632. The molecule has 1 fully saturated rings. The lowest BCUT2D eigenvalue weighted by Crippen LogP contribution is -2.46. The van der Waals surface area contributed by atoms with Crippen LogP contribution in [-0.4, -0.2) is 35.7 Å². The molecule has 0 aliphatic heterocycles. The van der Waals surface area contributed by atoms with Crippen molar-refractivity contribution in [1.29, 1.82) is 0 Å². The first-order valence-corrected chi connectivity index (χ1v) is 8.81. The van der Waals surface area contributed by atoms with E-state index in [9.17, 15) is 4.79 Å². The van der Waals surface area contributed by atoms with Crippen molar-refractivity contribution in [2.75, 3.05) is 13.7 Å². The lowest BCUT2D eigenvalue weighted by Gasteiger charge is -2.35. The van der Waals surface area contributed by atoms with Gasteiger partial charge in [-0.3, -0.25) is 0 Å². The van der Waals surface area contributed by atoms with Crippen molar-refractivity contribution < 1.29 is 9.90 Å². The van der Waals surface area contributed by atoms with Gasteiger partial charge in [-0.15, -0.1) is 0 Å². The molecule has 1 aliphatic carbocycles. The Labute approximate surface area is 139 Å². The number of hydrogen-bond donors (Lipinski definition) is 2. The summed E-state index contributed by atoms with van der Waals surface area (Å²) < 4.78 is 0. The molecule has 1 aliphatic rings. The van der Waals surface area contributed by atoms with E-state index < -0.39 is 0 Å². The number of aliphatic hydroxyl groups is 1. The molecule has 3 atom stereocenters. The Bertz CT molecular complexity index is 478. The number of nitrogens with one attached hydrogen (secondary N) is 1. The van der Waals surface area contributed by atoms with Crippen molar-refractivity contribution >= 4 is 6.03 Å². The minimum atomic E-state index is -0.0423. The van der Waals surface area contributed by atoms with E-state index in [1.165, 1.54) is 12.8 Å². The summed E-state index contributed by atoms with van der Waals surface area (Å²) in [7, 11) is 1.91. The summed E-state index contributed by atoms with van der Waals surface area (Å²) in [6.07, 6.45) is 6.10. The summed E-state index contributed by atoms with van der Waals surface area (Å²) in [5.41, 5.74) is 1.10. The molecule has 1 aromatic rings. The molecule has 3 unspecified atom stereocenters. The van der Waals surface area contributed by atoms with Crippen LogP contribution in [0.5, 0.6) is 0 Å². The topological polar surface area (TPSA) is 52.6 Å². The van der Waals surface area contributed by atoms with Crippen LogP contribution >= 0.6 is 0 Å². The quantitative estimate of drug-likeness (QED) is 0.840. The van der Waals surface area contributed by atoms with Gasteiger partial charge >= 0.3 is 6.03 Å². The molecule has 4 nitrogen and oxygen atoms in total. The number of amides is 2. The summed E-state index contributed by atoms with van der Waals surface area (Å²) in [4.78, 5) is 14.5. The van der Waals surface area contributed by atoms with Crippen LogP contribution in [0.1, 0.15) is 57.1 Å². The number of hydrogen-bond acceptors (Lipinski definition) is 2. The fourth-order valence-electron chi connectivity index (χ4n) is 3.47. The Kier molecular flexibility index (Phi) is 6.90. The van der Waals surface area contributed by atoms with E-state index in [4.69, 9.17) is 5.11 Å². The highest BCUT2D eigenvalue weighted by Gasteiger charge is 2.26. The average Bonchev–Trinajstić information content (AvgIpc) is 2.58. The minimum Gasteiger partial charge on any atom is -0.396 e. The van der Waals surface area contributed by atoms with Gasteiger partial charge in [0, 0.05) is 19.7 Å². The molecule has 2 N–H and O–H groups in total. The van der Waals surface area contributed by atoms with E-state index in [-0.39, 0.29) is 18.7 Å². The fourth-order valence-corrected chi connectivity index (χ4v) is 3.47. The molecule has 0 radical (unpaired) electrons. The summed E-state index contributed by atoms with van der Waals surface area (Å²) >= 11 is 0. The summed E-state index contributed by atoms with van der Waals surface area (Å²) in [5, 5.41) is 12.3. The first-order valence-electron chi connectivity index (χ1n) is 8.81. The van der Waals surface area contributed by atoms with Crippen LogP contribution < -0.4 is 5.32 Å². The zero-order valence-corrected chi connectivity index (χ0v) is 14.4. The van der Waals surface area contributed by atoms with E-state index in [1.807, 2.05) is 42.3 Å². The van der Waals surface area contributed by atoms with Crippen molar-refractivity contribution in [2.24, 2.45) is 5.92 Å². The van der Waals surface area contributed by atoms with Crippen molar-refractivity contribution in [3.05, 3.63) is 35.9 Å². The van der Waals surface area contributed by atoms with Crippen LogP contribution in [0.2, 0.25) is 0 Å². The maximum absolute atomic E-state index is 12.6. The molecule has 0 saturated heterocycles. The van der Waals surface area contributed by atoms with Crippen molar-refractivity contribution in [1.82, 2.24) is 10.2 Å². The standard InChI is InChI=1S/C19H30N2O2/c1-15-8-6-11-17(14-15)21(2)19(23)20-18(12-7-13-22)16-9-4-3-5-10-16/h3-5,9-10,15,17-18,22H,6-8,11-14H2,1-2H3,(H,20,23). The number of aliphatic hydroxyl groups excluding tert-OH is 1. The third kappa shape index (κ3) is 5.24. The molecule has 0 aromatic heterocycles. The largest absolute Gasteiger partial charge is 0.396 e. The average molecular weight is 318 g/mol.